The minimum atomic E-state index is 0.0833. The Hall–Kier alpha value is -1.68. The number of nitrogens with zero attached hydrogens (tertiary/aromatic N) is 2. The average molecular weight is 260 g/mol. The molecule has 0 bridgehead atoms. The van der Waals surface area contributed by atoms with Crippen LogP contribution in [0.5, 0.6) is 0 Å². The molecule has 0 fully saturated rings. The highest BCUT2D eigenvalue weighted by Gasteiger charge is 2.12. The van der Waals surface area contributed by atoms with E-state index in [1.807, 2.05) is 35.9 Å². The number of aromatic nitrogens is 2. The molecule has 0 amide bonds. The third kappa shape index (κ3) is 3.20. The molecule has 1 aromatic carbocycles. The lowest BCUT2D eigenvalue weighted by Crippen LogP contribution is -2.12. The second-order valence-electron chi connectivity index (χ2n) is 4.55. The molecule has 1 aromatic heterocycles. The molecular weight excluding hydrogens is 240 g/mol. The highest BCUT2D eigenvalue weighted by atomic mass is 16.5. The van der Waals surface area contributed by atoms with Gasteiger partial charge in [-0.2, -0.15) is 5.10 Å². The van der Waals surface area contributed by atoms with Gasteiger partial charge in [0, 0.05) is 18.5 Å². The molecule has 19 heavy (non-hydrogen) atoms. The Bertz CT molecular complexity index is 560. The van der Waals surface area contributed by atoms with Gasteiger partial charge in [0.25, 0.3) is 0 Å². The van der Waals surface area contributed by atoms with Crippen molar-refractivity contribution in [3.8, 4) is 0 Å². The van der Waals surface area contributed by atoms with Crippen molar-refractivity contribution < 1.29 is 9.53 Å². The first kappa shape index (κ1) is 13.7. The number of ketones is 1. The standard InChI is InChI=1S/C15H20N2O2/c1-3-9-19-11-12(18)10-14-13-7-5-6-8-15(13)17(4-2)16-14/h5-8H,3-4,9-11H2,1-2H3. The summed E-state index contributed by atoms with van der Waals surface area (Å²) in [7, 11) is 0. The van der Waals surface area contributed by atoms with Crippen molar-refractivity contribution in [2.24, 2.45) is 0 Å². The van der Waals surface area contributed by atoms with Gasteiger partial charge in [-0.05, 0) is 19.4 Å². The molecule has 102 valence electrons. The Morgan fingerprint density at radius 1 is 1.32 bits per heavy atom. The molecule has 0 unspecified atom stereocenters. The van der Waals surface area contributed by atoms with Gasteiger partial charge in [-0.3, -0.25) is 9.48 Å². The quantitative estimate of drug-likeness (QED) is 0.719. The van der Waals surface area contributed by atoms with E-state index >= 15 is 0 Å². The first-order chi connectivity index (χ1) is 9.26. The van der Waals surface area contributed by atoms with E-state index in [2.05, 4.69) is 12.0 Å². The fourth-order valence-corrected chi connectivity index (χ4v) is 2.14. The minimum absolute atomic E-state index is 0.0833. The third-order valence-corrected chi connectivity index (χ3v) is 3.01. The van der Waals surface area contributed by atoms with Crippen LogP contribution in [0.3, 0.4) is 0 Å². The highest BCUT2D eigenvalue weighted by Crippen LogP contribution is 2.18. The van der Waals surface area contributed by atoms with Crippen molar-refractivity contribution in [2.45, 2.75) is 33.2 Å². The summed E-state index contributed by atoms with van der Waals surface area (Å²) in [5, 5.41) is 5.58. The fraction of sp³-hybridized carbons (Fsp3) is 0.467. The predicted octanol–water partition coefficient (Wildman–Crippen LogP) is 2.59. The van der Waals surface area contributed by atoms with Gasteiger partial charge in [0.05, 0.1) is 17.6 Å². The van der Waals surface area contributed by atoms with Crippen LogP contribution in [0.25, 0.3) is 10.9 Å². The van der Waals surface area contributed by atoms with Crippen LogP contribution in [0, 0.1) is 0 Å². The largest absolute Gasteiger partial charge is 0.374 e. The number of para-hydroxylation sites is 1. The Morgan fingerprint density at radius 2 is 2.11 bits per heavy atom. The summed E-state index contributed by atoms with van der Waals surface area (Å²) in [4.78, 5) is 11.9. The normalized spacial score (nSPS) is 11.1. The molecule has 0 saturated carbocycles. The summed E-state index contributed by atoms with van der Waals surface area (Å²) in [6.07, 6.45) is 1.28. The monoisotopic (exact) mass is 260 g/mol. The van der Waals surface area contributed by atoms with Crippen LogP contribution in [-0.4, -0.2) is 28.8 Å². The van der Waals surface area contributed by atoms with Crippen molar-refractivity contribution in [2.75, 3.05) is 13.2 Å². The van der Waals surface area contributed by atoms with Crippen LogP contribution in [0.1, 0.15) is 26.0 Å². The van der Waals surface area contributed by atoms with E-state index in [1.165, 1.54) is 0 Å². The van der Waals surface area contributed by atoms with E-state index in [4.69, 9.17) is 4.74 Å². The van der Waals surface area contributed by atoms with Gasteiger partial charge in [-0.15, -0.1) is 0 Å². The lowest BCUT2D eigenvalue weighted by atomic mass is 10.1. The number of hydrogen-bond donors (Lipinski definition) is 0. The van der Waals surface area contributed by atoms with Gasteiger partial charge in [0.2, 0.25) is 0 Å². The number of carbonyl (C=O) groups is 1. The number of ether oxygens (including phenoxy) is 1. The van der Waals surface area contributed by atoms with E-state index in [-0.39, 0.29) is 12.4 Å². The second-order valence-corrected chi connectivity index (χ2v) is 4.55. The number of aryl methyl sites for hydroxylation is 1. The van der Waals surface area contributed by atoms with Crippen molar-refractivity contribution in [3.63, 3.8) is 0 Å². The van der Waals surface area contributed by atoms with Gasteiger partial charge >= 0.3 is 0 Å². The third-order valence-electron chi connectivity index (χ3n) is 3.01. The van der Waals surface area contributed by atoms with Gasteiger partial charge in [0.1, 0.15) is 6.61 Å². The molecule has 0 spiro atoms. The fourth-order valence-electron chi connectivity index (χ4n) is 2.14. The van der Waals surface area contributed by atoms with Crippen LogP contribution in [0.4, 0.5) is 0 Å². The SMILES string of the molecule is CCCOCC(=O)Cc1nn(CC)c2ccccc12. The lowest BCUT2D eigenvalue weighted by molar-refractivity contribution is -0.122. The number of benzene rings is 1. The molecule has 1 heterocycles. The smallest absolute Gasteiger partial charge is 0.164 e. The molecule has 0 aliphatic rings. The first-order valence-electron chi connectivity index (χ1n) is 6.80. The molecule has 0 radical (unpaired) electrons. The minimum Gasteiger partial charge on any atom is -0.374 e. The summed E-state index contributed by atoms with van der Waals surface area (Å²) in [5.41, 5.74) is 1.94. The zero-order valence-electron chi connectivity index (χ0n) is 11.6. The summed E-state index contributed by atoms with van der Waals surface area (Å²) >= 11 is 0. The van der Waals surface area contributed by atoms with E-state index in [9.17, 15) is 4.79 Å². The van der Waals surface area contributed by atoms with Crippen LogP contribution in [-0.2, 0) is 22.5 Å². The van der Waals surface area contributed by atoms with Gasteiger partial charge in [-0.1, -0.05) is 25.1 Å². The van der Waals surface area contributed by atoms with Crippen LogP contribution in [0.2, 0.25) is 0 Å². The molecule has 4 heteroatoms. The second kappa shape index (κ2) is 6.48. The van der Waals surface area contributed by atoms with Crippen molar-refractivity contribution in [1.29, 1.82) is 0 Å². The molecule has 0 atom stereocenters. The molecule has 0 saturated heterocycles. The summed E-state index contributed by atoms with van der Waals surface area (Å²) < 4.78 is 7.21. The molecule has 0 aliphatic heterocycles. The van der Waals surface area contributed by atoms with Gasteiger partial charge in [-0.25, -0.2) is 0 Å². The number of carbonyl (C=O) groups excluding carboxylic acids is 1. The number of fused-ring (bicyclic) bond motifs is 1. The van der Waals surface area contributed by atoms with E-state index in [0.29, 0.717) is 13.0 Å². The Balaban J connectivity index is 2.14. The molecule has 0 aliphatic carbocycles. The first-order valence-corrected chi connectivity index (χ1v) is 6.80. The molecular formula is C15H20N2O2. The van der Waals surface area contributed by atoms with Crippen LogP contribution in [0.15, 0.2) is 24.3 Å². The average Bonchev–Trinajstić information content (AvgIpc) is 2.77. The zero-order chi connectivity index (χ0) is 13.7. The number of rotatable bonds is 7. The van der Waals surface area contributed by atoms with E-state index < -0.39 is 0 Å². The summed E-state index contributed by atoms with van der Waals surface area (Å²) in [6, 6.07) is 8.02. The molecule has 2 aromatic rings. The summed E-state index contributed by atoms with van der Waals surface area (Å²) in [5.74, 6) is 0.0833. The maximum atomic E-state index is 11.9. The van der Waals surface area contributed by atoms with Crippen LogP contribution < -0.4 is 0 Å². The summed E-state index contributed by atoms with van der Waals surface area (Å²) in [6.45, 7) is 5.70. The Morgan fingerprint density at radius 3 is 2.84 bits per heavy atom. The molecule has 4 nitrogen and oxygen atoms in total. The van der Waals surface area contributed by atoms with Gasteiger partial charge in [0.15, 0.2) is 5.78 Å². The Labute approximate surface area is 113 Å². The lowest BCUT2D eigenvalue weighted by Gasteiger charge is -2.00. The molecule has 0 N–H and O–H groups in total. The van der Waals surface area contributed by atoms with Crippen molar-refractivity contribution in [1.82, 2.24) is 9.78 Å². The van der Waals surface area contributed by atoms with Crippen LogP contribution >= 0.6 is 0 Å². The maximum Gasteiger partial charge on any atom is 0.164 e. The number of hydrogen-bond acceptors (Lipinski definition) is 3. The topological polar surface area (TPSA) is 44.1 Å². The highest BCUT2D eigenvalue weighted by molar-refractivity contribution is 5.89. The van der Waals surface area contributed by atoms with Crippen molar-refractivity contribution >= 4 is 16.7 Å². The van der Waals surface area contributed by atoms with E-state index in [1.54, 1.807) is 0 Å². The molecule has 2 rings (SSSR count). The zero-order valence-corrected chi connectivity index (χ0v) is 11.6. The maximum absolute atomic E-state index is 11.9. The van der Waals surface area contributed by atoms with Crippen molar-refractivity contribution in [3.05, 3.63) is 30.0 Å². The predicted molar refractivity (Wildman–Crippen MR) is 75.2 cm³/mol. The Kier molecular flexibility index (Phi) is 4.68. The number of Topliss-reactive ketones (excluding diaryl/α,β-unsaturated/α-hetero) is 1. The van der Waals surface area contributed by atoms with E-state index in [0.717, 1.165) is 29.6 Å². The van der Waals surface area contributed by atoms with Gasteiger partial charge < -0.3 is 4.74 Å².